The third-order valence-electron chi connectivity index (χ3n) is 2.65. The molecule has 18 heavy (non-hydrogen) atoms. The second-order valence-electron chi connectivity index (χ2n) is 3.83. The predicted octanol–water partition coefficient (Wildman–Crippen LogP) is 3.59. The van der Waals surface area contributed by atoms with Crippen LogP contribution >= 0.6 is 11.8 Å². The molecule has 0 aliphatic heterocycles. The first-order valence-electron chi connectivity index (χ1n) is 6.19. The molecule has 2 aromatic rings. The van der Waals surface area contributed by atoms with Crippen LogP contribution in [0.5, 0.6) is 5.75 Å². The Hall–Kier alpha value is -1.42. The van der Waals surface area contributed by atoms with Gasteiger partial charge in [0.1, 0.15) is 5.75 Å². The Morgan fingerprint density at radius 2 is 2.11 bits per heavy atom. The van der Waals surface area contributed by atoms with Crippen molar-refractivity contribution in [3.8, 4) is 5.75 Å². The normalized spacial score (nSPS) is 10.6. The Morgan fingerprint density at radius 3 is 2.89 bits per heavy atom. The summed E-state index contributed by atoms with van der Waals surface area (Å²) in [6.45, 7) is 5.79. The standard InChI is InChI=1S/C14H18N2OS/c1-3-16-10-9-15-14(16)18-11-12-7-5-6-8-13(12)17-4-2/h5-10H,3-4,11H2,1-2H3. The largest absolute Gasteiger partial charge is 0.494 e. The van der Waals surface area contributed by atoms with E-state index < -0.39 is 0 Å². The summed E-state index contributed by atoms with van der Waals surface area (Å²) in [5.41, 5.74) is 1.22. The van der Waals surface area contributed by atoms with Crippen LogP contribution in [0.25, 0.3) is 0 Å². The molecular formula is C14H18N2OS. The minimum absolute atomic E-state index is 0.700. The zero-order chi connectivity index (χ0) is 12.8. The van der Waals surface area contributed by atoms with Gasteiger partial charge in [-0.15, -0.1) is 0 Å². The summed E-state index contributed by atoms with van der Waals surface area (Å²) < 4.78 is 7.77. The van der Waals surface area contributed by atoms with Crippen molar-refractivity contribution in [2.45, 2.75) is 31.3 Å². The number of rotatable bonds is 6. The highest BCUT2D eigenvalue weighted by molar-refractivity contribution is 7.98. The van der Waals surface area contributed by atoms with Gasteiger partial charge in [-0.2, -0.15) is 0 Å². The molecule has 0 N–H and O–H groups in total. The molecule has 0 fully saturated rings. The van der Waals surface area contributed by atoms with E-state index in [0.29, 0.717) is 6.61 Å². The molecule has 1 aromatic carbocycles. The van der Waals surface area contributed by atoms with E-state index in [-0.39, 0.29) is 0 Å². The molecule has 0 saturated carbocycles. The average molecular weight is 262 g/mol. The van der Waals surface area contributed by atoms with Crippen LogP contribution in [0, 0.1) is 0 Å². The summed E-state index contributed by atoms with van der Waals surface area (Å²) in [6.07, 6.45) is 3.86. The molecule has 0 aliphatic rings. The Morgan fingerprint density at radius 1 is 1.28 bits per heavy atom. The van der Waals surface area contributed by atoms with Crippen LogP contribution in [0.4, 0.5) is 0 Å². The fourth-order valence-electron chi connectivity index (χ4n) is 1.74. The van der Waals surface area contributed by atoms with Crippen LogP contribution in [-0.4, -0.2) is 16.2 Å². The minimum atomic E-state index is 0.700. The third kappa shape index (κ3) is 3.07. The van der Waals surface area contributed by atoms with Crippen molar-refractivity contribution in [1.82, 2.24) is 9.55 Å². The van der Waals surface area contributed by atoms with Crippen molar-refractivity contribution in [2.24, 2.45) is 0 Å². The lowest BCUT2D eigenvalue weighted by atomic mass is 10.2. The monoisotopic (exact) mass is 262 g/mol. The summed E-state index contributed by atoms with van der Waals surface area (Å²) in [5, 5.41) is 1.06. The van der Waals surface area contributed by atoms with E-state index in [4.69, 9.17) is 4.74 Å². The Kier molecular flexibility index (Phi) is 4.70. The number of hydrogen-bond acceptors (Lipinski definition) is 3. The zero-order valence-corrected chi connectivity index (χ0v) is 11.6. The third-order valence-corrected chi connectivity index (χ3v) is 3.70. The fraction of sp³-hybridized carbons (Fsp3) is 0.357. The molecule has 2 rings (SSSR count). The van der Waals surface area contributed by atoms with Gasteiger partial charge in [0.2, 0.25) is 0 Å². The van der Waals surface area contributed by atoms with Crippen molar-refractivity contribution < 1.29 is 4.74 Å². The second-order valence-corrected chi connectivity index (χ2v) is 4.77. The van der Waals surface area contributed by atoms with Gasteiger partial charge >= 0.3 is 0 Å². The van der Waals surface area contributed by atoms with Gasteiger partial charge in [-0.25, -0.2) is 4.98 Å². The van der Waals surface area contributed by atoms with Crippen molar-refractivity contribution in [3.63, 3.8) is 0 Å². The summed E-state index contributed by atoms with van der Waals surface area (Å²) in [5.74, 6) is 1.86. The zero-order valence-electron chi connectivity index (χ0n) is 10.8. The lowest BCUT2D eigenvalue weighted by Gasteiger charge is -2.09. The fourth-order valence-corrected chi connectivity index (χ4v) is 2.75. The molecule has 0 amide bonds. The van der Waals surface area contributed by atoms with E-state index in [0.717, 1.165) is 23.2 Å². The number of imidazole rings is 1. The Bertz CT molecular complexity index is 496. The van der Waals surface area contributed by atoms with Gasteiger partial charge in [-0.3, -0.25) is 0 Å². The number of nitrogens with zero attached hydrogens (tertiary/aromatic N) is 2. The van der Waals surface area contributed by atoms with E-state index in [1.165, 1.54) is 5.56 Å². The second kappa shape index (κ2) is 6.50. The van der Waals surface area contributed by atoms with E-state index in [2.05, 4.69) is 22.5 Å². The number of hydrogen-bond donors (Lipinski definition) is 0. The molecule has 3 nitrogen and oxygen atoms in total. The summed E-state index contributed by atoms with van der Waals surface area (Å²) in [6, 6.07) is 8.18. The quantitative estimate of drug-likeness (QED) is 0.744. The molecular weight excluding hydrogens is 244 g/mol. The SMILES string of the molecule is CCOc1ccccc1CSc1nccn1CC. The molecule has 0 saturated heterocycles. The summed E-state index contributed by atoms with van der Waals surface area (Å²) in [7, 11) is 0. The highest BCUT2D eigenvalue weighted by atomic mass is 32.2. The maximum absolute atomic E-state index is 5.62. The maximum atomic E-state index is 5.62. The lowest BCUT2D eigenvalue weighted by Crippen LogP contribution is -1.97. The number of aromatic nitrogens is 2. The molecule has 1 heterocycles. The highest BCUT2D eigenvalue weighted by Crippen LogP contribution is 2.27. The molecule has 96 valence electrons. The number of para-hydroxylation sites is 1. The van der Waals surface area contributed by atoms with Crippen LogP contribution in [0.3, 0.4) is 0 Å². The molecule has 0 unspecified atom stereocenters. The number of thioether (sulfide) groups is 1. The first kappa shape index (κ1) is 13.0. The molecule has 1 aromatic heterocycles. The molecule has 0 bridgehead atoms. The van der Waals surface area contributed by atoms with Gasteiger partial charge in [0.05, 0.1) is 6.61 Å². The van der Waals surface area contributed by atoms with E-state index >= 15 is 0 Å². The van der Waals surface area contributed by atoms with Crippen LogP contribution in [0.1, 0.15) is 19.4 Å². The first-order valence-corrected chi connectivity index (χ1v) is 7.18. The molecule has 4 heteroatoms. The maximum Gasteiger partial charge on any atom is 0.168 e. The van der Waals surface area contributed by atoms with Gasteiger partial charge < -0.3 is 9.30 Å². The first-order chi connectivity index (χ1) is 8.85. The van der Waals surface area contributed by atoms with E-state index in [9.17, 15) is 0 Å². The number of benzene rings is 1. The number of ether oxygens (including phenoxy) is 1. The summed E-state index contributed by atoms with van der Waals surface area (Å²) >= 11 is 1.74. The summed E-state index contributed by atoms with van der Waals surface area (Å²) in [4.78, 5) is 4.36. The Labute approximate surface area is 112 Å². The predicted molar refractivity (Wildman–Crippen MR) is 75.1 cm³/mol. The smallest absolute Gasteiger partial charge is 0.168 e. The van der Waals surface area contributed by atoms with Crippen LogP contribution in [0.2, 0.25) is 0 Å². The van der Waals surface area contributed by atoms with Crippen molar-refractivity contribution in [1.29, 1.82) is 0 Å². The van der Waals surface area contributed by atoms with Gasteiger partial charge in [-0.05, 0) is 19.9 Å². The van der Waals surface area contributed by atoms with Crippen molar-refractivity contribution >= 4 is 11.8 Å². The average Bonchev–Trinajstić information content (AvgIpc) is 2.85. The van der Waals surface area contributed by atoms with Crippen molar-refractivity contribution in [2.75, 3.05) is 6.61 Å². The highest BCUT2D eigenvalue weighted by Gasteiger charge is 2.06. The molecule has 0 radical (unpaired) electrons. The molecule has 0 aliphatic carbocycles. The van der Waals surface area contributed by atoms with E-state index in [1.807, 2.05) is 37.5 Å². The van der Waals surface area contributed by atoms with Gasteiger partial charge in [-0.1, -0.05) is 30.0 Å². The van der Waals surface area contributed by atoms with Gasteiger partial charge in [0.25, 0.3) is 0 Å². The minimum Gasteiger partial charge on any atom is -0.494 e. The molecule has 0 spiro atoms. The molecule has 0 atom stereocenters. The topological polar surface area (TPSA) is 27.1 Å². The van der Waals surface area contributed by atoms with Gasteiger partial charge in [0.15, 0.2) is 5.16 Å². The number of aryl methyl sites for hydroxylation is 1. The Balaban J connectivity index is 2.06. The lowest BCUT2D eigenvalue weighted by molar-refractivity contribution is 0.337. The van der Waals surface area contributed by atoms with E-state index in [1.54, 1.807) is 11.8 Å². The van der Waals surface area contributed by atoms with Crippen LogP contribution < -0.4 is 4.74 Å². The van der Waals surface area contributed by atoms with Gasteiger partial charge in [0, 0.05) is 30.3 Å². The van der Waals surface area contributed by atoms with Crippen LogP contribution in [0.15, 0.2) is 41.8 Å². The van der Waals surface area contributed by atoms with Crippen LogP contribution in [-0.2, 0) is 12.3 Å². The van der Waals surface area contributed by atoms with Crippen molar-refractivity contribution in [3.05, 3.63) is 42.2 Å².